The summed E-state index contributed by atoms with van der Waals surface area (Å²) in [4.78, 5) is 0. The van der Waals surface area contributed by atoms with Gasteiger partial charge in [0.05, 0.1) is 6.61 Å². The number of nitrogens with two attached hydrogens (primary N) is 1. The van der Waals surface area contributed by atoms with Crippen LogP contribution in [-0.2, 0) is 4.74 Å². The van der Waals surface area contributed by atoms with Gasteiger partial charge in [-0.25, -0.2) is 0 Å². The number of rotatable bonds is 2. The summed E-state index contributed by atoms with van der Waals surface area (Å²) in [6, 6.07) is 0. The molecule has 0 saturated carbocycles. The van der Waals surface area contributed by atoms with Crippen LogP contribution in [-0.4, -0.2) is 24.3 Å². The van der Waals surface area contributed by atoms with E-state index in [0.29, 0.717) is 12.5 Å². The molecular formula is C8H16N2O2. The van der Waals surface area contributed by atoms with Crippen LogP contribution >= 0.6 is 0 Å². The number of nitrogens with zero attached hydrogens (tertiary/aromatic N) is 1. The van der Waals surface area contributed by atoms with Gasteiger partial charge in [-0.05, 0) is 12.3 Å². The van der Waals surface area contributed by atoms with Crippen LogP contribution in [0.1, 0.15) is 20.3 Å². The van der Waals surface area contributed by atoms with Crippen molar-refractivity contribution in [2.75, 3.05) is 13.2 Å². The van der Waals surface area contributed by atoms with Crippen LogP contribution in [0.2, 0.25) is 0 Å². The third kappa shape index (κ3) is 1.53. The van der Waals surface area contributed by atoms with E-state index in [4.69, 9.17) is 15.7 Å². The highest BCUT2D eigenvalue weighted by Gasteiger charge is 2.36. The average Bonchev–Trinajstić information content (AvgIpc) is 2.55. The zero-order valence-corrected chi connectivity index (χ0v) is 7.58. The number of oxime groups is 1. The molecule has 1 aliphatic rings. The first kappa shape index (κ1) is 9.32. The summed E-state index contributed by atoms with van der Waals surface area (Å²) in [5.41, 5.74) is 5.32. The fourth-order valence-corrected chi connectivity index (χ4v) is 1.44. The van der Waals surface area contributed by atoms with Gasteiger partial charge < -0.3 is 15.7 Å². The predicted molar refractivity (Wildman–Crippen MR) is 46.1 cm³/mol. The van der Waals surface area contributed by atoms with Gasteiger partial charge in [0.1, 0.15) is 5.84 Å². The second-order valence-corrected chi connectivity index (χ2v) is 3.77. The number of amidine groups is 1. The van der Waals surface area contributed by atoms with Crippen LogP contribution in [0.15, 0.2) is 5.16 Å². The van der Waals surface area contributed by atoms with Crippen LogP contribution in [0.3, 0.4) is 0 Å². The molecule has 70 valence electrons. The third-order valence-corrected chi connectivity index (χ3v) is 2.72. The Bertz CT molecular complexity index is 183. The number of ether oxygens (including phenoxy) is 1. The van der Waals surface area contributed by atoms with E-state index >= 15 is 0 Å². The van der Waals surface area contributed by atoms with Gasteiger partial charge in [-0.1, -0.05) is 19.0 Å². The second kappa shape index (κ2) is 3.31. The Morgan fingerprint density at radius 2 is 2.33 bits per heavy atom. The van der Waals surface area contributed by atoms with E-state index in [-0.39, 0.29) is 11.3 Å². The monoisotopic (exact) mass is 172 g/mol. The molecule has 1 unspecified atom stereocenters. The van der Waals surface area contributed by atoms with Gasteiger partial charge in [-0.15, -0.1) is 0 Å². The molecule has 0 spiro atoms. The molecule has 1 rings (SSSR count). The molecule has 3 N–H and O–H groups in total. The lowest BCUT2D eigenvalue weighted by Gasteiger charge is -2.28. The van der Waals surface area contributed by atoms with Gasteiger partial charge in [0.2, 0.25) is 0 Å². The largest absolute Gasteiger partial charge is 0.409 e. The van der Waals surface area contributed by atoms with Crippen LogP contribution in [0.5, 0.6) is 0 Å². The molecule has 1 heterocycles. The highest BCUT2D eigenvalue weighted by Crippen LogP contribution is 2.33. The zero-order valence-electron chi connectivity index (χ0n) is 7.58. The normalized spacial score (nSPS) is 26.2. The Labute approximate surface area is 72.4 Å². The lowest BCUT2D eigenvalue weighted by Crippen LogP contribution is -2.38. The Balaban J connectivity index is 2.69. The average molecular weight is 172 g/mol. The van der Waals surface area contributed by atoms with E-state index in [1.54, 1.807) is 0 Å². The van der Waals surface area contributed by atoms with Gasteiger partial charge >= 0.3 is 0 Å². The minimum atomic E-state index is -0.259. The first-order valence-electron chi connectivity index (χ1n) is 4.14. The smallest absolute Gasteiger partial charge is 0.145 e. The number of hydrogen-bond donors (Lipinski definition) is 2. The maximum atomic E-state index is 8.55. The molecule has 1 fully saturated rings. The Morgan fingerprint density at radius 1 is 1.67 bits per heavy atom. The van der Waals surface area contributed by atoms with Gasteiger partial charge in [-0.3, -0.25) is 0 Å². The first-order valence-corrected chi connectivity index (χ1v) is 4.14. The molecule has 4 nitrogen and oxygen atoms in total. The van der Waals surface area contributed by atoms with E-state index in [1.807, 2.05) is 13.8 Å². The molecule has 0 bridgehead atoms. The zero-order chi connectivity index (χ0) is 9.19. The van der Waals surface area contributed by atoms with Crippen molar-refractivity contribution in [2.24, 2.45) is 22.2 Å². The van der Waals surface area contributed by atoms with Gasteiger partial charge in [0, 0.05) is 12.0 Å². The molecule has 4 heteroatoms. The molecular weight excluding hydrogens is 156 g/mol. The van der Waals surface area contributed by atoms with E-state index in [9.17, 15) is 0 Å². The van der Waals surface area contributed by atoms with Crippen molar-refractivity contribution in [3.8, 4) is 0 Å². The Kier molecular flexibility index (Phi) is 2.57. The second-order valence-electron chi connectivity index (χ2n) is 3.77. The Hall–Kier alpha value is -0.770. The lowest BCUT2D eigenvalue weighted by atomic mass is 9.77. The first-order chi connectivity index (χ1) is 5.59. The summed E-state index contributed by atoms with van der Waals surface area (Å²) in [7, 11) is 0. The standard InChI is InChI=1S/C8H16N2O2/c1-8(2,7(9)10-11)6-3-4-12-5-6/h6,11H,3-5H2,1-2H3,(H2,9,10). The maximum Gasteiger partial charge on any atom is 0.145 e. The van der Waals surface area contributed by atoms with Crippen molar-refractivity contribution in [3.63, 3.8) is 0 Å². The van der Waals surface area contributed by atoms with Crippen molar-refractivity contribution in [1.29, 1.82) is 0 Å². The Morgan fingerprint density at radius 3 is 2.75 bits per heavy atom. The van der Waals surface area contributed by atoms with Crippen molar-refractivity contribution in [2.45, 2.75) is 20.3 Å². The molecule has 0 aromatic heterocycles. The lowest BCUT2D eigenvalue weighted by molar-refractivity contribution is 0.165. The SMILES string of the molecule is CC(C)(/C(N)=N/O)C1CCOC1. The third-order valence-electron chi connectivity index (χ3n) is 2.72. The highest BCUT2D eigenvalue weighted by molar-refractivity contribution is 5.85. The topological polar surface area (TPSA) is 67.8 Å². The van der Waals surface area contributed by atoms with E-state index in [0.717, 1.165) is 13.0 Å². The molecule has 0 aromatic rings. The molecule has 0 aromatic carbocycles. The van der Waals surface area contributed by atoms with Crippen molar-refractivity contribution in [3.05, 3.63) is 0 Å². The van der Waals surface area contributed by atoms with E-state index in [1.165, 1.54) is 0 Å². The van der Waals surface area contributed by atoms with Crippen LogP contribution < -0.4 is 5.73 Å². The quantitative estimate of drug-likeness (QED) is 0.280. The van der Waals surface area contributed by atoms with Gasteiger partial charge in [0.15, 0.2) is 0 Å². The summed E-state index contributed by atoms with van der Waals surface area (Å²) in [6.45, 7) is 5.44. The summed E-state index contributed by atoms with van der Waals surface area (Å²) >= 11 is 0. The summed E-state index contributed by atoms with van der Waals surface area (Å²) in [5, 5.41) is 11.6. The molecule has 0 radical (unpaired) electrons. The molecule has 0 aliphatic carbocycles. The predicted octanol–water partition coefficient (Wildman–Crippen LogP) is 0.796. The molecule has 0 amide bonds. The van der Waals surface area contributed by atoms with Crippen LogP contribution in [0, 0.1) is 11.3 Å². The maximum absolute atomic E-state index is 8.55. The van der Waals surface area contributed by atoms with E-state index < -0.39 is 0 Å². The number of hydrogen-bond acceptors (Lipinski definition) is 3. The minimum Gasteiger partial charge on any atom is -0.409 e. The van der Waals surface area contributed by atoms with Crippen molar-refractivity contribution >= 4 is 5.84 Å². The summed E-state index contributed by atoms with van der Waals surface area (Å²) in [5.74, 6) is 0.659. The van der Waals surface area contributed by atoms with Gasteiger partial charge in [-0.2, -0.15) is 0 Å². The molecule has 12 heavy (non-hydrogen) atoms. The van der Waals surface area contributed by atoms with Crippen LogP contribution in [0.25, 0.3) is 0 Å². The minimum absolute atomic E-state index is 0.259. The molecule has 1 saturated heterocycles. The van der Waals surface area contributed by atoms with E-state index in [2.05, 4.69) is 5.16 Å². The summed E-state index contributed by atoms with van der Waals surface area (Å²) < 4.78 is 5.25. The van der Waals surface area contributed by atoms with Gasteiger partial charge in [0.25, 0.3) is 0 Å². The highest BCUT2D eigenvalue weighted by atomic mass is 16.5. The van der Waals surface area contributed by atoms with Crippen molar-refractivity contribution < 1.29 is 9.94 Å². The summed E-state index contributed by atoms with van der Waals surface area (Å²) in [6.07, 6.45) is 0.989. The fourth-order valence-electron chi connectivity index (χ4n) is 1.44. The molecule has 1 atom stereocenters. The van der Waals surface area contributed by atoms with Crippen molar-refractivity contribution in [1.82, 2.24) is 0 Å². The van der Waals surface area contributed by atoms with Crippen LogP contribution in [0.4, 0.5) is 0 Å². The fraction of sp³-hybridized carbons (Fsp3) is 0.875. The molecule has 1 aliphatic heterocycles.